The molecule has 0 saturated carbocycles. The Bertz CT molecular complexity index is 316. The van der Waals surface area contributed by atoms with Crippen LogP contribution < -0.4 is 0 Å². The maximum Gasteiger partial charge on any atom is 0.309 e. The minimum Gasteiger partial charge on any atom is -0.481 e. The smallest absolute Gasteiger partial charge is 0.309 e. The summed E-state index contributed by atoms with van der Waals surface area (Å²) in [5, 5.41) is 10.2. The molecule has 2 nitrogen and oxygen atoms in total. The molecule has 1 unspecified atom stereocenters. The quantitative estimate of drug-likeness (QED) is 0.232. The van der Waals surface area contributed by atoms with Crippen molar-refractivity contribution in [2.75, 3.05) is 0 Å². The lowest BCUT2D eigenvalue weighted by Gasteiger charge is -2.38. The van der Waals surface area contributed by atoms with Gasteiger partial charge in [0.2, 0.25) is 0 Å². The van der Waals surface area contributed by atoms with Gasteiger partial charge in [-0.1, -0.05) is 111 Å². The van der Waals surface area contributed by atoms with E-state index in [1.165, 1.54) is 57.8 Å². The van der Waals surface area contributed by atoms with Gasteiger partial charge in [0.1, 0.15) is 0 Å². The predicted octanol–water partition coefficient (Wildman–Crippen LogP) is 8.38. The van der Waals surface area contributed by atoms with Gasteiger partial charge in [-0.25, -0.2) is 0 Å². The zero-order chi connectivity index (χ0) is 19.7. The second kappa shape index (κ2) is 16.6. The summed E-state index contributed by atoms with van der Waals surface area (Å²) < 4.78 is 0. The second-order valence-corrected chi connectivity index (χ2v) is 8.42. The van der Waals surface area contributed by atoms with Crippen LogP contribution in [0.2, 0.25) is 0 Å². The van der Waals surface area contributed by atoms with Crippen molar-refractivity contribution < 1.29 is 9.90 Å². The highest BCUT2D eigenvalue weighted by atomic mass is 16.4. The number of rotatable bonds is 19. The van der Waals surface area contributed by atoms with Gasteiger partial charge in [0.15, 0.2) is 0 Å². The summed E-state index contributed by atoms with van der Waals surface area (Å²) in [6.07, 6.45) is 19.8. The molecule has 0 rings (SSSR count). The van der Waals surface area contributed by atoms with E-state index in [4.69, 9.17) is 0 Å². The Labute approximate surface area is 164 Å². The summed E-state index contributed by atoms with van der Waals surface area (Å²) in [6, 6.07) is 0. The largest absolute Gasteiger partial charge is 0.481 e. The van der Waals surface area contributed by atoms with Crippen molar-refractivity contribution >= 4 is 5.97 Å². The maximum absolute atomic E-state index is 12.4. The predicted molar refractivity (Wildman–Crippen MR) is 115 cm³/mol. The molecular weight excluding hydrogens is 320 g/mol. The van der Waals surface area contributed by atoms with Crippen molar-refractivity contribution in [1.29, 1.82) is 0 Å². The number of unbranched alkanes of at least 4 members (excludes halogenated alkanes) is 9. The minimum atomic E-state index is -0.511. The van der Waals surface area contributed by atoms with Crippen LogP contribution in [0.4, 0.5) is 0 Å². The van der Waals surface area contributed by atoms with E-state index in [1.807, 2.05) is 0 Å². The lowest BCUT2D eigenvalue weighted by molar-refractivity contribution is -0.155. The van der Waals surface area contributed by atoms with Crippen LogP contribution in [0.15, 0.2) is 0 Å². The maximum atomic E-state index is 12.4. The van der Waals surface area contributed by atoms with Gasteiger partial charge in [-0.05, 0) is 31.6 Å². The Morgan fingerprint density at radius 1 is 0.654 bits per heavy atom. The molecular formula is C24H48O2. The number of carbonyl (C=O) groups is 1. The fraction of sp³-hybridized carbons (Fsp3) is 0.958. The van der Waals surface area contributed by atoms with Crippen LogP contribution in [0.1, 0.15) is 137 Å². The molecule has 1 atom stereocenters. The van der Waals surface area contributed by atoms with Gasteiger partial charge in [-0.2, -0.15) is 0 Å². The molecule has 0 amide bonds. The molecule has 2 heteroatoms. The summed E-state index contributed by atoms with van der Waals surface area (Å²) in [4.78, 5) is 12.4. The number of carboxylic acid groups (broad SMARTS) is 1. The Morgan fingerprint density at radius 3 is 1.54 bits per heavy atom. The SMILES string of the molecule is CCCCCCCCCC(CCCC)C(CCCC)(CCCC)C(=O)O. The first-order valence-electron chi connectivity index (χ1n) is 11.8. The summed E-state index contributed by atoms with van der Waals surface area (Å²) in [5.74, 6) is -0.142. The average molecular weight is 369 g/mol. The normalized spacial score (nSPS) is 13.1. The van der Waals surface area contributed by atoms with Crippen molar-refractivity contribution in [2.45, 2.75) is 137 Å². The fourth-order valence-electron chi connectivity index (χ4n) is 4.40. The van der Waals surface area contributed by atoms with E-state index >= 15 is 0 Å². The van der Waals surface area contributed by atoms with Crippen molar-refractivity contribution in [3.05, 3.63) is 0 Å². The molecule has 0 aromatic heterocycles. The highest BCUT2D eigenvalue weighted by molar-refractivity contribution is 5.75. The van der Waals surface area contributed by atoms with E-state index in [1.54, 1.807) is 0 Å². The Hall–Kier alpha value is -0.530. The van der Waals surface area contributed by atoms with Crippen LogP contribution in [0.25, 0.3) is 0 Å². The standard InChI is InChI=1S/C24H48O2/c1-5-9-13-14-15-16-17-19-22(18-10-6-2)24(23(25)26,20-11-7-3)21-12-8-4/h22H,5-21H2,1-4H3,(H,25,26). The molecule has 0 aromatic rings. The number of hydrogen-bond acceptors (Lipinski definition) is 1. The minimum absolute atomic E-state index is 0.369. The zero-order valence-corrected chi connectivity index (χ0v) is 18.5. The van der Waals surface area contributed by atoms with E-state index in [2.05, 4.69) is 27.7 Å². The molecule has 0 spiro atoms. The van der Waals surface area contributed by atoms with Gasteiger partial charge in [-0.3, -0.25) is 4.79 Å². The topological polar surface area (TPSA) is 37.3 Å². The lowest BCUT2D eigenvalue weighted by atomic mass is 9.65. The lowest BCUT2D eigenvalue weighted by Crippen LogP contribution is -2.39. The van der Waals surface area contributed by atoms with E-state index in [-0.39, 0.29) is 0 Å². The molecule has 156 valence electrons. The van der Waals surface area contributed by atoms with Gasteiger partial charge in [-0.15, -0.1) is 0 Å². The molecule has 0 aliphatic rings. The highest BCUT2D eigenvalue weighted by Gasteiger charge is 2.43. The van der Waals surface area contributed by atoms with Crippen LogP contribution in [0.5, 0.6) is 0 Å². The third-order valence-corrected chi connectivity index (χ3v) is 6.22. The monoisotopic (exact) mass is 368 g/mol. The molecule has 0 aromatic carbocycles. The first-order valence-corrected chi connectivity index (χ1v) is 11.8. The van der Waals surface area contributed by atoms with Crippen LogP contribution in [-0.2, 0) is 4.79 Å². The van der Waals surface area contributed by atoms with Crippen molar-refractivity contribution in [2.24, 2.45) is 11.3 Å². The highest BCUT2D eigenvalue weighted by Crippen LogP contribution is 2.44. The Morgan fingerprint density at radius 2 is 1.08 bits per heavy atom. The molecule has 26 heavy (non-hydrogen) atoms. The van der Waals surface area contributed by atoms with E-state index < -0.39 is 11.4 Å². The van der Waals surface area contributed by atoms with Gasteiger partial charge in [0.25, 0.3) is 0 Å². The van der Waals surface area contributed by atoms with Crippen molar-refractivity contribution in [1.82, 2.24) is 0 Å². The molecule has 0 fully saturated rings. The van der Waals surface area contributed by atoms with E-state index in [0.717, 1.165) is 51.4 Å². The molecule has 0 saturated heterocycles. The summed E-state index contributed by atoms with van der Waals surface area (Å²) >= 11 is 0. The summed E-state index contributed by atoms with van der Waals surface area (Å²) in [5.41, 5.74) is -0.469. The van der Waals surface area contributed by atoms with E-state index in [0.29, 0.717) is 5.92 Å². The van der Waals surface area contributed by atoms with Crippen LogP contribution in [-0.4, -0.2) is 11.1 Å². The fourth-order valence-corrected chi connectivity index (χ4v) is 4.40. The van der Waals surface area contributed by atoms with E-state index in [9.17, 15) is 9.90 Å². The summed E-state index contributed by atoms with van der Waals surface area (Å²) in [7, 11) is 0. The molecule has 0 bridgehead atoms. The molecule has 0 radical (unpaired) electrons. The number of hydrogen-bond donors (Lipinski definition) is 1. The summed E-state index contributed by atoms with van der Waals surface area (Å²) in [6.45, 7) is 8.86. The average Bonchev–Trinajstić information content (AvgIpc) is 2.64. The number of carboxylic acids is 1. The molecule has 0 heterocycles. The Kier molecular flexibility index (Phi) is 16.3. The van der Waals surface area contributed by atoms with Crippen molar-refractivity contribution in [3.63, 3.8) is 0 Å². The molecule has 0 aliphatic heterocycles. The number of aliphatic carboxylic acids is 1. The zero-order valence-electron chi connectivity index (χ0n) is 18.5. The van der Waals surface area contributed by atoms with Crippen molar-refractivity contribution in [3.8, 4) is 0 Å². The first-order chi connectivity index (χ1) is 12.6. The first kappa shape index (κ1) is 25.5. The third-order valence-electron chi connectivity index (χ3n) is 6.22. The van der Waals surface area contributed by atoms with Crippen LogP contribution in [0, 0.1) is 11.3 Å². The van der Waals surface area contributed by atoms with Gasteiger partial charge in [0.05, 0.1) is 5.41 Å². The second-order valence-electron chi connectivity index (χ2n) is 8.42. The third kappa shape index (κ3) is 9.97. The van der Waals surface area contributed by atoms with Gasteiger partial charge < -0.3 is 5.11 Å². The molecule has 1 N–H and O–H groups in total. The van der Waals surface area contributed by atoms with Gasteiger partial charge >= 0.3 is 5.97 Å². The Balaban J connectivity index is 4.89. The van der Waals surface area contributed by atoms with Gasteiger partial charge in [0, 0.05) is 0 Å². The van der Waals surface area contributed by atoms with Crippen LogP contribution >= 0.6 is 0 Å². The molecule has 0 aliphatic carbocycles. The van der Waals surface area contributed by atoms with Crippen LogP contribution in [0.3, 0.4) is 0 Å².